The first-order valence-electron chi connectivity index (χ1n) is 10.7. The van der Waals surface area contributed by atoms with E-state index in [2.05, 4.69) is 45.0 Å². The van der Waals surface area contributed by atoms with Crippen molar-refractivity contribution >= 4 is 0 Å². The van der Waals surface area contributed by atoms with Crippen molar-refractivity contribution < 1.29 is 44.0 Å². The van der Waals surface area contributed by atoms with Gasteiger partial charge in [-0.15, -0.1) is 0 Å². The second kappa shape index (κ2) is 23.5. The lowest BCUT2D eigenvalue weighted by Crippen LogP contribution is -2.12. The van der Waals surface area contributed by atoms with Gasteiger partial charge in [0.2, 0.25) is 0 Å². The van der Waals surface area contributed by atoms with Gasteiger partial charge < -0.3 is 23.7 Å². The predicted molar refractivity (Wildman–Crippen MR) is 116 cm³/mol. The highest BCUT2D eigenvalue weighted by Gasteiger charge is 1.99. The van der Waals surface area contributed by atoms with Crippen LogP contribution in [0.3, 0.4) is 0 Å². The van der Waals surface area contributed by atoms with Gasteiger partial charge in [0.15, 0.2) is 6.79 Å². The fourth-order valence-electron chi connectivity index (χ4n) is 2.23. The molecule has 0 bridgehead atoms. The number of hydrogen-bond acceptors (Lipinski definition) is 9. The van der Waals surface area contributed by atoms with Crippen LogP contribution in [0.1, 0.15) is 50.7 Å². The lowest BCUT2D eigenvalue weighted by atomic mass is 10.0. The Balaban J connectivity index is 0.00000436. The van der Waals surface area contributed by atoms with E-state index >= 15 is 0 Å². The van der Waals surface area contributed by atoms with E-state index in [1.165, 1.54) is 11.1 Å². The molecule has 2 N–H and O–H groups in total. The van der Waals surface area contributed by atoms with Crippen LogP contribution in [0.25, 0.3) is 0 Å². The molecule has 0 fully saturated rings. The van der Waals surface area contributed by atoms with Crippen LogP contribution in [0.4, 0.5) is 0 Å². The molecule has 0 aliphatic heterocycles. The van der Waals surface area contributed by atoms with Gasteiger partial charge in [-0.25, -0.2) is 9.78 Å². The SMILES string of the molecule is CCCCOCOCCOCOOCCOCCOCc1ccc(C(C)C)cc1.OO. The number of hydrogen-bond donors (Lipinski definition) is 2. The zero-order valence-electron chi connectivity index (χ0n) is 19.1. The van der Waals surface area contributed by atoms with Gasteiger partial charge >= 0.3 is 0 Å². The lowest BCUT2D eigenvalue weighted by molar-refractivity contribution is -0.340. The highest BCUT2D eigenvalue weighted by Crippen LogP contribution is 2.14. The smallest absolute Gasteiger partial charge is 0.180 e. The number of ether oxygens (including phenoxy) is 5. The molecule has 0 atom stereocenters. The third kappa shape index (κ3) is 19.3. The summed E-state index contributed by atoms with van der Waals surface area (Å²) in [7, 11) is 0. The van der Waals surface area contributed by atoms with E-state index in [4.69, 9.17) is 44.0 Å². The van der Waals surface area contributed by atoms with Gasteiger partial charge in [0.05, 0.1) is 39.6 Å². The Bertz CT molecular complexity index is 469. The second-order valence-electron chi connectivity index (χ2n) is 6.82. The van der Waals surface area contributed by atoms with Crippen LogP contribution in [0.5, 0.6) is 0 Å². The Morgan fingerprint density at radius 2 is 1.26 bits per heavy atom. The molecule has 0 spiro atoms. The number of benzene rings is 1. The molecule has 0 saturated heterocycles. The largest absolute Gasteiger partial charge is 0.377 e. The molecule has 0 radical (unpaired) electrons. The Labute approximate surface area is 186 Å². The average molecular weight is 449 g/mol. The van der Waals surface area contributed by atoms with E-state index in [-0.39, 0.29) is 6.79 Å². The summed E-state index contributed by atoms with van der Waals surface area (Å²) in [5, 5.41) is 12.0. The van der Waals surface area contributed by atoms with Gasteiger partial charge in [-0.3, -0.25) is 10.5 Å². The molecule has 9 heteroatoms. The molecule has 1 rings (SSSR count). The molecule has 0 aliphatic rings. The fraction of sp³-hybridized carbons (Fsp3) is 0.727. The summed E-state index contributed by atoms with van der Waals surface area (Å²) in [5.41, 5.74) is 2.51. The van der Waals surface area contributed by atoms with Crippen molar-refractivity contribution in [2.24, 2.45) is 0 Å². The predicted octanol–water partition coefficient (Wildman–Crippen LogP) is 4.07. The van der Waals surface area contributed by atoms with Crippen molar-refractivity contribution in [3.63, 3.8) is 0 Å². The van der Waals surface area contributed by atoms with Gasteiger partial charge in [0, 0.05) is 6.61 Å². The Morgan fingerprint density at radius 1 is 0.677 bits per heavy atom. The van der Waals surface area contributed by atoms with Gasteiger partial charge in [0.25, 0.3) is 0 Å². The molecule has 0 aromatic heterocycles. The Kier molecular flexibility index (Phi) is 22.7. The molecular formula is C22H40O9. The highest BCUT2D eigenvalue weighted by molar-refractivity contribution is 5.24. The molecular weight excluding hydrogens is 408 g/mol. The number of unbranched alkanes of at least 4 members (excludes halogenated alkanes) is 1. The first-order chi connectivity index (χ1) is 15.2. The molecule has 182 valence electrons. The van der Waals surface area contributed by atoms with E-state index in [0.29, 0.717) is 59.0 Å². The topological polar surface area (TPSA) is 105 Å². The van der Waals surface area contributed by atoms with Crippen molar-refractivity contribution in [3.05, 3.63) is 35.4 Å². The van der Waals surface area contributed by atoms with Gasteiger partial charge in [-0.05, 0) is 23.5 Å². The summed E-state index contributed by atoms with van der Waals surface area (Å²) in [6.07, 6.45) is 2.17. The van der Waals surface area contributed by atoms with E-state index in [9.17, 15) is 0 Å². The zero-order chi connectivity index (χ0) is 23.0. The fourth-order valence-corrected chi connectivity index (χ4v) is 2.23. The molecule has 0 unspecified atom stereocenters. The van der Waals surface area contributed by atoms with Gasteiger partial charge in [0.1, 0.15) is 13.4 Å². The summed E-state index contributed by atoms with van der Waals surface area (Å²) in [4.78, 5) is 9.84. The normalized spacial score (nSPS) is 10.9. The summed E-state index contributed by atoms with van der Waals surface area (Å²) < 4.78 is 26.7. The summed E-state index contributed by atoms with van der Waals surface area (Å²) in [6.45, 7) is 10.9. The number of rotatable bonds is 20. The maximum absolute atomic E-state index is 6.00. The third-order valence-corrected chi connectivity index (χ3v) is 3.99. The van der Waals surface area contributed by atoms with Crippen LogP contribution in [0.15, 0.2) is 24.3 Å². The van der Waals surface area contributed by atoms with Crippen molar-refractivity contribution in [2.45, 2.75) is 46.1 Å². The molecule has 0 aliphatic carbocycles. The molecule has 9 nitrogen and oxygen atoms in total. The Hall–Kier alpha value is -1.14. The summed E-state index contributed by atoms with van der Waals surface area (Å²) in [5.74, 6) is 0.547. The van der Waals surface area contributed by atoms with Gasteiger partial charge in [-0.1, -0.05) is 51.5 Å². The van der Waals surface area contributed by atoms with Gasteiger partial charge in [-0.2, -0.15) is 0 Å². The molecule has 1 aromatic rings. The highest BCUT2D eigenvalue weighted by atomic mass is 17.2. The minimum atomic E-state index is 0.0543. The molecule has 0 heterocycles. The quantitative estimate of drug-likeness (QED) is 0.132. The zero-order valence-corrected chi connectivity index (χ0v) is 19.1. The first kappa shape index (κ1) is 29.9. The monoisotopic (exact) mass is 448 g/mol. The van der Waals surface area contributed by atoms with Crippen molar-refractivity contribution in [1.82, 2.24) is 0 Å². The van der Waals surface area contributed by atoms with E-state index in [0.717, 1.165) is 19.4 Å². The maximum atomic E-state index is 6.00. The van der Waals surface area contributed by atoms with Crippen LogP contribution in [0, 0.1) is 0 Å². The van der Waals surface area contributed by atoms with Crippen LogP contribution in [-0.2, 0) is 40.1 Å². The minimum Gasteiger partial charge on any atom is -0.377 e. The van der Waals surface area contributed by atoms with Crippen LogP contribution in [-0.4, -0.2) is 70.3 Å². The Morgan fingerprint density at radius 3 is 1.94 bits per heavy atom. The van der Waals surface area contributed by atoms with Crippen molar-refractivity contribution in [3.8, 4) is 0 Å². The van der Waals surface area contributed by atoms with Crippen molar-refractivity contribution in [2.75, 3.05) is 59.8 Å². The lowest BCUT2D eigenvalue weighted by Gasteiger charge is -2.09. The summed E-state index contributed by atoms with van der Waals surface area (Å²) >= 11 is 0. The van der Waals surface area contributed by atoms with Crippen LogP contribution >= 0.6 is 0 Å². The minimum absolute atomic E-state index is 0.0543. The second-order valence-corrected chi connectivity index (χ2v) is 6.82. The van der Waals surface area contributed by atoms with E-state index < -0.39 is 0 Å². The van der Waals surface area contributed by atoms with Crippen LogP contribution in [0.2, 0.25) is 0 Å². The maximum Gasteiger partial charge on any atom is 0.180 e. The van der Waals surface area contributed by atoms with Crippen LogP contribution < -0.4 is 0 Å². The van der Waals surface area contributed by atoms with E-state index in [1.54, 1.807) is 0 Å². The molecule has 31 heavy (non-hydrogen) atoms. The first-order valence-corrected chi connectivity index (χ1v) is 10.7. The molecule has 1 aromatic carbocycles. The third-order valence-electron chi connectivity index (χ3n) is 3.99. The molecule has 0 amide bonds. The average Bonchev–Trinajstić information content (AvgIpc) is 2.80. The standard InChI is InChI=1S/C22H38O7.H2O2/c1-4-5-10-25-18-26-13-14-27-19-29-28-16-15-23-11-12-24-17-21-6-8-22(9-7-21)20(2)3;1-2/h6-9,20H,4-5,10-19H2,1-3H3;1-2H. The van der Waals surface area contributed by atoms with E-state index in [1.807, 2.05) is 0 Å². The van der Waals surface area contributed by atoms with Crippen molar-refractivity contribution in [1.29, 1.82) is 0 Å². The molecule has 0 saturated carbocycles. The summed E-state index contributed by atoms with van der Waals surface area (Å²) in [6, 6.07) is 8.52.